The molecule has 3 N–H and O–H groups in total. The van der Waals surface area contributed by atoms with Gasteiger partial charge in [-0.1, -0.05) is 31.5 Å². The summed E-state index contributed by atoms with van der Waals surface area (Å²) in [5.74, 6) is -0.910. The SMILES string of the molecule is CCCC(N)c1ccccc1C(=O)O. The van der Waals surface area contributed by atoms with E-state index in [1.165, 1.54) is 0 Å². The molecule has 0 heterocycles. The summed E-state index contributed by atoms with van der Waals surface area (Å²) in [6.07, 6.45) is 1.76. The average Bonchev–Trinajstić information content (AvgIpc) is 2.18. The number of carboxylic acids is 1. The Morgan fingerprint density at radius 3 is 2.71 bits per heavy atom. The van der Waals surface area contributed by atoms with Crippen molar-refractivity contribution in [3.05, 3.63) is 35.4 Å². The van der Waals surface area contributed by atoms with Crippen molar-refractivity contribution in [1.82, 2.24) is 0 Å². The van der Waals surface area contributed by atoms with Crippen LogP contribution in [0.25, 0.3) is 0 Å². The van der Waals surface area contributed by atoms with Gasteiger partial charge in [-0.25, -0.2) is 4.79 Å². The molecule has 1 aromatic carbocycles. The highest BCUT2D eigenvalue weighted by Crippen LogP contribution is 2.19. The van der Waals surface area contributed by atoms with Crippen molar-refractivity contribution in [2.24, 2.45) is 5.73 Å². The summed E-state index contributed by atoms with van der Waals surface area (Å²) in [4.78, 5) is 10.9. The highest BCUT2D eigenvalue weighted by atomic mass is 16.4. The average molecular weight is 193 g/mol. The van der Waals surface area contributed by atoms with E-state index in [0.717, 1.165) is 18.4 Å². The minimum Gasteiger partial charge on any atom is -0.478 e. The van der Waals surface area contributed by atoms with Crippen molar-refractivity contribution in [3.8, 4) is 0 Å². The van der Waals surface area contributed by atoms with Crippen molar-refractivity contribution in [1.29, 1.82) is 0 Å². The molecule has 76 valence electrons. The summed E-state index contributed by atoms with van der Waals surface area (Å²) in [6, 6.07) is 6.73. The summed E-state index contributed by atoms with van der Waals surface area (Å²) in [7, 11) is 0. The molecule has 14 heavy (non-hydrogen) atoms. The molecule has 1 rings (SSSR count). The largest absolute Gasteiger partial charge is 0.478 e. The van der Waals surface area contributed by atoms with Crippen LogP contribution in [-0.2, 0) is 0 Å². The lowest BCUT2D eigenvalue weighted by molar-refractivity contribution is 0.0695. The van der Waals surface area contributed by atoms with Crippen LogP contribution in [0.15, 0.2) is 24.3 Å². The van der Waals surface area contributed by atoms with Gasteiger partial charge in [0.1, 0.15) is 0 Å². The molecule has 0 saturated carbocycles. The normalized spacial score (nSPS) is 12.4. The minimum absolute atomic E-state index is 0.174. The summed E-state index contributed by atoms with van der Waals surface area (Å²) >= 11 is 0. The molecule has 0 bridgehead atoms. The Labute approximate surface area is 83.6 Å². The fourth-order valence-electron chi connectivity index (χ4n) is 1.48. The van der Waals surface area contributed by atoms with E-state index in [2.05, 4.69) is 0 Å². The molecule has 0 aliphatic carbocycles. The van der Waals surface area contributed by atoms with Gasteiger partial charge in [-0.05, 0) is 18.1 Å². The predicted molar refractivity (Wildman–Crippen MR) is 55.2 cm³/mol. The van der Waals surface area contributed by atoms with Crippen LogP contribution >= 0.6 is 0 Å². The molecule has 3 nitrogen and oxygen atoms in total. The third kappa shape index (κ3) is 2.33. The van der Waals surface area contributed by atoms with Gasteiger partial charge in [-0.15, -0.1) is 0 Å². The van der Waals surface area contributed by atoms with Crippen molar-refractivity contribution in [2.75, 3.05) is 0 Å². The van der Waals surface area contributed by atoms with E-state index in [4.69, 9.17) is 10.8 Å². The van der Waals surface area contributed by atoms with Gasteiger partial charge in [0.25, 0.3) is 0 Å². The quantitative estimate of drug-likeness (QED) is 0.770. The first-order chi connectivity index (χ1) is 6.66. The van der Waals surface area contributed by atoms with Crippen LogP contribution in [0, 0.1) is 0 Å². The number of benzene rings is 1. The van der Waals surface area contributed by atoms with E-state index >= 15 is 0 Å². The Morgan fingerprint density at radius 1 is 1.50 bits per heavy atom. The fraction of sp³-hybridized carbons (Fsp3) is 0.364. The summed E-state index contributed by atoms with van der Waals surface area (Å²) in [6.45, 7) is 2.03. The highest BCUT2D eigenvalue weighted by molar-refractivity contribution is 5.89. The fourth-order valence-corrected chi connectivity index (χ4v) is 1.48. The maximum absolute atomic E-state index is 10.9. The zero-order valence-corrected chi connectivity index (χ0v) is 8.23. The minimum atomic E-state index is -0.910. The second kappa shape index (κ2) is 4.77. The number of nitrogens with two attached hydrogens (primary N) is 1. The van der Waals surface area contributed by atoms with E-state index in [1.54, 1.807) is 18.2 Å². The molecule has 0 aromatic heterocycles. The maximum Gasteiger partial charge on any atom is 0.336 e. The third-order valence-electron chi connectivity index (χ3n) is 2.19. The van der Waals surface area contributed by atoms with Gasteiger partial charge in [0.2, 0.25) is 0 Å². The first-order valence-corrected chi connectivity index (χ1v) is 4.74. The van der Waals surface area contributed by atoms with Gasteiger partial charge in [-0.2, -0.15) is 0 Å². The van der Waals surface area contributed by atoms with Crippen molar-refractivity contribution in [2.45, 2.75) is 25.8 Å². The second-order valence-electron chi connectivity index (χ2n) is 3.29. The number of rotatable bonds is 4. The van der Waals surface area contributed by atoms with Gasteiger partial charge in [0.05, 0.1) is 5.56 Å². The monoisotopic (exact) mass is 193 g/mol. The zero-order valence-electron chi connectivity index (χ0n) is 8.23. The molecule has 1 unspecified atom stereocenters. The molecule has 1 aromatic rings. The molecule has 0 aliphatic heterocycles. The summed E-state index contributed by atoms with van der Waals surface area (Å²) < 4.78 is 0. The molecule has 0 fully saturated rings. The van der Waals surface area contributed by atoms with Gasteiger partial charge in [-0.3, -0.25) is 0 Å². The highest BCUT2D eigenvalue weighted by Gasteiger charge is 2.13. The second-order valence-corrected chi connectivity index (χ2v) is 3.29. The van der Waals surface area contributed by atoms with E-state index in [0.29, 0.717) is 5.56 Å². The van der Waals surface area contributed by atoms with Gasteiger partial charge >= 0.3 is 5.97 Å². The Hall–Kier alpha value is -1.35. The molecule has 3 heteroatoms. The lowest BCUT2D eigenvalue weighted by Crippen LogP contribution is -2.14. The summed E-state index contributed by atoms with van der Waals surface area (Å²) in [5.41, 5.74) is 6.92. The first kappa shape index (κ1) is 10.7. The Morgan fingerprint density at radius 2 is 2.14 bits per heavy atom. The Kier molecular flexibility index (Phi) is 3.65. The molecular formula is C11H15NO2. The lowest BCUT2D eigenvalue weighted by atomic mass is 9.98. The maximum atomic E-state index is 10.9. The molecule has 0 radical (unpaired) electrons. The van der Waals surface area contributed by atoms with Crippen LogP contribution < -0.4 is 5.73 Å². The smallest absolute Gasteiger partial charge is 0.336 e. The van der Waals surface area contributed by atoms with E-state index in [9.17, 15) is 4.79 Å². The van der Waals surface area contributed by atoms with Crippen LogP contribution in [0.3, 0.4) is 0 Å². The van der Waals surface area contributed by atoms with Crippen LogP contribution in [0.2, 0.25) is 0 Å². The van der Waals surface area contributed by atoms with Crippen LogP contribution in [0.5, 0.6) is 0 Å². The van der Waals surface area contributed by atoms with Gasteiger partial charge < -0.3 is 10.8 Å². The first-order valence-electron chi connectivity index (χ1n) is 4.74. The topological polar surface area (TPSA) is 63.3 Å². The standard InChI is InChI=1S/C11H15NO2/c1-2-5-10(12)8-6-3-4-7-9(8)11(13)14/h3-4,6-7,10H,2,5,12H2,1H3,(H,13,14). The van der Waals surface area contributed by atoms with Crippen LogP contribution in [-0.4, -0.2) is 11.1 Å². The van der Waals surface area contributed by atoms with Crippen molar-refractivity contribution < 1.29 is 9.90 Å². The molecule has 0 saturated heterocycles. The van der Waals surface area contributed by atoms with Gasteiger partial charge in [0, 0.05) is 6.04 Å². The Balaban J connectivity index is 3.00. The third-order valence-corrected chi connectivity index (χ3v) is 2.19. The van der Waals surface area contributed by atoms with Crippen LogP contribution in [0.4, 0.5) is 0 Å². The Bertz CT molecular complexity index is 323. The van der Waals surface area contributed by atoms with Crippen molar-refractivity contribution in [3.63, 3.8) is 0 Å². The number of carboxylic acid groups (broad SMARTS) is 1. The molecule has 0 aliphatic rings. The molecule has 0 spiro atoms. The number of hydrogen-bond acceptors (Lipinski definition) is 2. The number of aromatic carboxylic acids is 1. The molecule has 0 amide bonds. The van der Waals surface area contributed by atoms with Crippen molar-refractivity contribution >= 4 is 5.97 Å². The molecule has 1 atom stereocenters. The van der Waals surface area contributed by atoms with Gasteiger partial charge in [0.15, 0.2) is 0 Å². The number of carbonyl (C=O) groups is 1. The number of hydrogen-bond donors (Lipinski definition) is 2. The van der Waals surface area contributed by atoms with E-state index in [-0.39, 0.29) is 6.04 Å². The summed E-state index contributed by atoms with van der Waals surface area (Å²) in [5, 5.41) is 8.93. The van der Waals surface area contributed by atoms with E-state index in [1.807, 2.05) is 13.0 Å². The van der Waals surface area contributed by atoms with Crippen LogP contribution in [0.1, 0.15) is 41.7 Å². The van der Waals surface area contributed by atoms with E-state index < -0.39 is 5.97 Å². The lowest BCUT2D eigenvalue weighted by Gasteiger charge is -2.13. The zero-order chi connectivity index (χ0) is 10.6. The predicted octanol–water partition coefficient (Wildman–Crippen LogP) is 2.18. The molecular weight excluding hydrogens is 178 g/mol.